The number of hydrogen-bond acceptors (Lipinski definition) is 3. The quantitative estimate of drug-likeness (QED) is 0.758. The van der Waals surface area contributed by atoms with Crippen LogP contribution in [0.25, 0.3) is 0 Å². The highest BCUT2D eigenvalue weighted by molar-refractivity contribution is 5.09. The van der Waals surface area contributed by atoms with Crippen molar-refractivity contribution in [1.82, 2.24) is 14.7 Å². The fourth-order valence-electron chi connectivity index (χ4n) is 1.96. The molecule has 0 aliphatic heterocycles. The first-order valence-electron chi connectivity index (χ1n) is 6.26. The number of nitrogens with zero attached hydrogens (tertiary/aromatic N) is 4. The molecular formula is C13H22N4. The molecule has 0 fully saturated rings. The van der Waals surface area contributed by atoms with Crippen molar-refractivity contribution in [2.75, 3.05) is 13.1 Å². The van der Waals surface area contributed by atoms with Crippen molar-refractivity contribution in [3.8, 4) is 6.07 Å². The van der Waals surface area contributed by atoms with Crippen molar-refractivity contribution in [3.05, 3.63) is 17.5 Å². The summed E-state index contributed by atoms with van der Waals surface area (Å²) in [6.45, 7) is 11.8. The van der Waals surface area contributed by atoms with Gasteiger partial charge in [0.05, 0.1) is 23.4 Å². The number of aryl methyl sites for hydroxylation is 2. The predicted octanol–water partition coefficient (Wildman–Crippen LogP) is 2.19. The molecule has 1 atom stereocenters. The molecule has 0 bridgehead atoms. The van der Waals surface area contributed by atoms with E-state index in [1.54, 1.807) is 0 Å². The molecular weight excluding hydrogens is 212 g/mol. The molecule has 0 saturated heterocycles. The summed E-state index contributed by atoms with van der Waals surface area (Å²) in [7, 11) is 0. The van der Waals surface area contributed by atoms with Crippen LogP contribution in [0, 0.1) is 24.2 Å². The Balaban J connectivity index is 2.70. The molecule has 0 N–H and O–H groups in total. The van der Waals surface area contributed by atoms with Crippen LogP contribution >= 0.6 is 0 Å². The lowest BCUT2D eigenvalue weighted by molar-refractivity contribution is 0.252. The van der Waals surface area contributed by atoms with Crippen molar-refractivity contribution in [1.29, 1.82) is 5.26 Å². The lowest BCUT2D eigenvalue weighted by Gasteiger charge is -2.21. The summed E-state index contributed by atoms with van der Waals surface area (Å²) in [6.07, 6.45) is 0. The van der Waals surface area contributed by atoms with E-state index in [9.17, 15) is 0 Å². The summed E-state index contributed by atoms with van der Waals surface area (Å²) in [4.78, 5) is 2.29. The zero-order valence-corrected chi connectivity index (χ0v) is 11.3. The molecule has 0 spiro atoms. The first-order valence-corrected chi connectivity index (χ1v) is 6.26. The molecule has 1 aromatic heterocycles. The predicted molar refractivity (Wildman–Crippen MR) is 68.4 cm³/mol. The Morgan fingerprint density at radius 2 is 2.24 bits per heavy atom. The van der Waals surface area contributed by atoms with Crippen LogP contribution in [-0.2, 0) is 13.1 Å². The topological polar surface area (TPSA) is 44.9 Å². The van der Waals surface area contributed by atoms with Gasteiger partial charge in [-0.1, -0.05) is 6.92 Å². The van der Waals surface area contributed by atoms with Crippen molar-refractivity contribution >= 4 is 0 Å². The van der Waals surface area contributed by atoms with Crippen molar-refractivity contribution in [2.45, 2.75) is 40.8 Å². The maximum absolute atomic E-state index is 8.86. The van der Waals surface area contributed by atoms with Crippen LogP contribution in [0.3, 0.4) is 0 Å². The minimum absolute atomic E-state index is 0.0778. The van der Waals surface area contributed by atoms with Gasteiger partial charge in [0.1, 0.15) is 0 Å². The van der Waals surface area contributed by atoms with E-state index in [0.29, 0.717) is 0 Å². The number of nitriles is 1. The Morgan fingerprint density at radius 3 is 2.76 bits per heavy atom. The second kappa shape index (κ2) is 6.41. The van der Waals surface area contributed by atoms with Gasteiger partial charge in [-0.2, -0.15) is 10.4 Å². The molecule has 17 heavy (non-hydrogen) atoms. The minimum atomic E-state index is 0.0778. The highest BCUT2D eigenvalue weighted by atomic mass is 15.3. The molecule has 0 radical (unpaired) electrons. The third-order valence-corrected chi connectivity index (χ3v) is 2.87. The van der Waals surface area contributed by atoms with Gasteiger partial charge < -0.3 is 0 Å². The van der Waals surface area contributed by atoms with Gasteiger partial charge in [0.2, 0.25) is 0 Å². The van der Waals surface area contributed by atoms with Gasteiger partial charge in [-0.05, 0) is 33.4 Å². The Kier molecular flexibility index (Phi) is 5.17. The summed E-state index contributed by atoms with van der Waals surface area (Å²) >= 11 is 0. The zero-order valence-electron chi connectivity index (χ0n) is 11.3. The van der Waals surface area contributed by atoms with Gasteiger partial charge in [0.15, 0.2) is 0 Å². The Labute approximate surface area is 104 Å². The lowest BCUT2D eigenvalue weighted by Crippen LogP contribution is -2.28. The molecule has 0 saturated carbocycles. The summed E-state index contributed by atoms with van der Waals surface area (Å²) in [6, 6.07) is 4.41. The highest BCUT2D eigenvalue weighted by Crippen LogP contribution is 2.09. The Morgan fingerprint density at radius 1 is 1.53 bits per heavy atom. The summed E-state index contributed by atoms with van der Waals surface area (Å²) in [5, 5.41) is 13.3. The molecule has 4 nitrogen and oxygen atoms in total. The molecule has 1 aromatic rings. The lowest BCUT2D eigenvalue weighted by atomic mass is 10.2. The van der Waals surface area contributed by atoms with Crippen LogP contribution in [0.1, 0.15) is 32.2 Å². The third kappa shape index (κ3) is 3.86. The van der Waals surface area contributed by atoms with Crippen LogP contribution in [0.4, 0.5) is 0 Å². The van der Waals surface area contributed by atoms with E-state index in [1.807, 2.05) is 18.5 Å². The van der Waals surface area contributed by atoms with E-state index in [1.165, 1.54) is 5.69 Å². The average Bonchev–Trinajstić information content (AvgIpc) is 2.68. The Hall–Kier alpha value is -1.34. The molecule has 0 aliphatic carbocycles. The summed E-state index contributed by atoms with van der Waals surface area (Å²) in [5.41, 5.74) is 2.29. The van der Waals surface area contributed by atoms with Gasteiger partial charge >= 0.3 is 0 Å². The third-order valence-electron chi connectivity index (χ3n) is 2.87. The zero-order chi connectivity index (χ0) is 12.8. The highest BCUT2D eigenvalue weighted by Gasteiger charge is 2.11. The van der Waals surface area contributed by atoms with Crippen LogP contribution in [0.15, 0.2) is 6.07 Å². The molecule has 94 valence electrons. The monoisotopic (exact) mass is 234 g/mol. The van der Waals surface area contributed by atoms with E-state index in [-0.39, 0.29) is 5.92 Å². The summed E-state index contributed by atoms with van der Waals surface area (Å²) in [5.74, 6) is 0.0778. The second-order valence-electron chi connectivity index (χ2n) is 4.45. The molecule has 1 heterocycles. The molecule has 1 unspecified atom stereocenters. The van der Waals surface area contributed by atoms with Crippen molar-refractivity contribution < 1.29 is 0 Å². The van der Waals surface area contributed by atoms with Crippen LogP contribution in [0.2, 0.25) is 0 Å². The van der Waals surface area contributed by atoms with E-state index >= 15 is 0 Å². The largest absolute Gasteiger partial charge is 0.297 e. The molecule has 0 aromatic carbocycles. The van der Waals surface area contributed by atoms with Gasteiger partial charge in [-0.15, -0.1) is 0 Å². The number of hydrogen-bond donors (Lipinski definition) is 0. The molecule has 4 heteroatoms. The van der Waals surface area contributed by atoms with Gasteiger partial charge in [0.25, 0.3) is 0 Å². The number of aromatic nitrogens is 2. The number of rotatable bonds is 6. The normalized spacial score (nSPS) is 12.7. The van der Waals surface area contributed by atoms with E-state index in [0.717, 1.165) is 31.9 Å². The minimum Gasteiger partial charge on any atom is -0.297 e. The first kappa shape index (κ1) is 13.7. The van der Waals surface area contributed by atoms with Gasteiger partial charge in [-0.25, -0.2) is 0 Å². The van der Waals surface area contributed by atoms with Crippen LogP contribution in [0.5, 0.6) is 0 Å². The van der Waals surface area contributed by atoms with E-state index in [4.69, 9.17) is 5.26 Å². The Bertz CT molecular complexity index is 389. The fraction of sp³-hybridized carbons (Fsp3) is 0.692. The van der Waals surface area contributed by atoms with Gasteiger partial charge in [0, 0.05) is 19.6 Å². The smallest absolute Gasteiger partial charge is 0.0666 e. The fourth-order valence-corrected chi connectivity index (χ4v) is 1.96. The molecule has 0 amide bonds. The van der Waals surface area contributed by atoms with Crippen molar-refractivity contribution in [2.24, 2.45) is 5.92 Å². The average molecular weight is 234 g/mol. The standard InChI is InChI=1S/C13H22N4/c1-5-16(9-11(3)8-14)10-13-7-12(4)15-17(13)6-2/h7,11H,5-6,9-10H2,1-4H3. The summed E-state index contributed by atoms with van der Waals surface area (Å²) < 4.78 is 2.04. The van der Waals surface area contributed by atoms with Crippen LogP contribution < -0.4 is 0 Å². The van der Waals surface area contributed by atoms with Crippen LogP contribution in [-0.4, -0.2) is 27.8 Å². The second-order valence-corrected chi connectivity index (χ2v) is 4.45. The maximum Gasteiger partial charge on any atom is 0.0666 e. The SMILES string of the molecule is CCN(Cc1cc(C)nn1CC)CC(C)C#N. The van der Waals surface area contributed by atoms with Crippen molar-refractivity contribution in [3.63, 3.8) is 0 Å². The van der Waals surface area contributed by atoms with Gasteiger partial charge in [-0.3, -0.25) is 9.58 Å². The molecule has 0 aliphatic rings. The molecule has 1 rings (SSSR count). The maximum atomic E-state index is 8.86. The van der Waals surface area contributed by atoms with E-state index in [2.05, 4.69) is 36.0 Å². The van der Waals surface area contributed by atoms with E-state index < -0.39 is 0 Å². The first-order chi connectivity index (χ1) is 8.10.